The Labute approximate surface area is 151 Å². The number of amides is 2. The van der Waals surface area contributed by atoms with Crippen LogP contribution in [0.4, 0.5) is 9.18 Å². The van der Waals surface area contributed by atoms with Gasteiger partial charge in [0.2, 0.25) is 0 Å². The Morgan fingerprint density at radius 3 is 2.88 bits per heavy atom. The summed E-state index contributed by atoms with van der Waals surface area (Å²) >= 11 is 6.12. The third-order valence-corrected chi connectivity index (χ3v) is 4.52. The first-order valence-corrected chi connectivity index (χ1v) is 8.47. The fourth-order valence-corrected chi connectivity index (χ4v) is 3.04. The molecule has 2 aromatic rings. The summed E-state index contributed by atoms with van der Waals surface area (Å²) < 4.78 is 15.1. The summed E-state index contributed by atoms with van der Waals surface area (Å²) in [7, 11) is 3.40. The predicted octanol–water partition coefficient (Wildman–Crippen LogP) is 2.46. The van der Waals surface area contributed by atoms with Gasteiger partial charge < -0.3 is 10.2 Å². The minimum atomic E-state index is -0.324. The summed E-state index contributed by atoms with van der Waals surface area (Å²) in [5, 5.41) is 7.80. The monoisotopic (exact) mass is 365 g/mol. The topological polar surface area (TPSA) is 53.4 Å². The zero-order valence-corrected chi connectivity index (χ0v) is 15.1. The van der Waals surface area contributed by atoms with E-state index < -0.39 is 0 Å². The highest BCUT2D eigenvalue weighted by molar-refractivity contribution is 6.31. The van der Waals surface area contributed by atoms with Gasteiger partial charge in [-0.3, -0.25) is 9.58 Å². The quantitative estimate of drug-likeness (QED) is 0.905. The van der Waals surface area contributed by atoms with Gasteiger partial charge in [0.1, 0.15) is 5.82 Å². The second kappa shape index (κ2) is 7.41. The number of carbonyl (C=O) groups excluding carboxylic acids is 1. The molecule has 134 valence electrons. The van der Waals surface area contributed by atoms with Crippen LogP contribution in [0, 0.1) is 5.82 Å². The average Bonchev–Trinajstić information content (AvgIpc) is 2.97. The van der Waals surface area contributed by atoms with Crippen molar-refractivity contribution in [1.29, 1.82) is 0 Å². The molecular weight excluding hydrogens is 345 g/mol. The Morgan fingerprint density at radius 2 is 2.16 bits per heavy atom. The normalized spacial score (nSPS) is 14.2. The van der Waals surface area contributed by atoms with Crippen LogP contribution in [0.3, 0.4) is 0 Å². The van der Waals surface area contributed by atoms with Crippen molar-refractivity contribution in [1.82, 2.24) is 24.9 Å². The summed E-state index contributed by atoms with van der Waals surface area (Å²) in [6.45, 7) is 3.42. The molecule has 0 spiro atoms. The standard InChI is InChI=1S/C17H21ClFN5O/c1-22(2)17(25)20-9-14-8-15-11-23(5-6-24(15)21-14)10-12-3-4-13(19)7-16(12)18/h3-4,7-8H,5-6,9-11H2,1-2H3,(H,20,25). The zero-order chi connectivity index (χ0) is 18.0. The minimum Gasteiger partial charge on any atom is -0.332 e. The maximum absolute atomic E-state index is 13.2. The van der Waals surface area contributed by atoms with Crippen LogP contribution >= 0.6 is 11.6 Å². The smallest absolute Gasteiger partial charge is 0.317 e. The largest absolute Gasteiger partial charge is 0.332 e. The number of hydrogen-bond acceptors (Lipinski definition) is 3. The van der Waals surface area contributed by atoms with Gasteiger partial charge in [0.25, 0.3) is 0 Å². The van der Waals surface area contributed by atoms with Crippen LogP contribution in [-0.4, -0.2) is 46.3 Å². The highest BCUT2D eigenvalue weighted by Gasteiger charge is 2.19. The lowest BCUT2D eigenvalue weighted by Gasteiger charge is -2.27. The second-order valence-electron chi connectivity index (χ2n) is 6.35. The van der Waals surface area contributed by atoms with E-state index >= 15 is 0 Å². The number of benzene rings is 1. The van der Waals surface area contributed by atoms with E-state index in [9.17, 15) is 9.18 Å². The first-order chi connectivity index (χ1) is 11.9. The number of nitrogens with one attached hydrogen (secondary N) is 1. The van der Waals surface area contributed by atoms with E-state index in [0.717, 1.165) is 36.6 Å². The summed E-state index contributed by atoms with van der Waals surface area (Å²) in [5.74, 6) is -0.324. The molecule has 0 saturated carbocycles. The molecule has 8 heteroatoms. The van der Waals surface area contributed by atoms with E-state index in [1.165, 1.54) is 17.0 Å². The van der Waals surface area contributed by atoms with E-state index in [1.54, 1.807) is 20.2 Å². The highest BCUT2D eigenvalue weighted by Crippen LogP contribution is 2.22. The highest BCUT2D eigenvalue weighted by atomic mass is 35.5. The molecule has 2 heterocycles. The Hall–Kier alpha value is -2.12. The summed E-state index contributed by atoms with van der Waals surface area (Å²) in [5.41, 5.74) is 2.85. The number of fused-ring (bicyclic) bond motifs is 1. The Kier molecular flexibility index (Phi) is 5.24. The van der Waals surface area contributed by atoms with Gasteiger partial charge in [0.05, 0.1) is 24.5 Å². The molecule has 0 atom stereocenters. The molecule has 0 aliphatic carbocycles. The number of halogens is 2. The van der Waals surface area contributed by atoms with E-state index in [4.69, 9.17) is 11.6 Å². The molecule has 3 rings (SSSR count). The van der Waals surface area contributed by atoms with Gasteiger partial charge in [0, 0.05) is 38.8 Å². The van der Waals surface area contributed by atoms with Gasteiger partial charge in [-0.25, -0.2) is 9.18 Å². The van der Waals surface area contributed by atoms with E-state index in [2.05, 4.69) is 15.3 Å². The third-order valence-electron chi connectivity index (χ3n) is 4.16. The molecule has 1 aliphatic heterocycles. The molecular formula is C17H21ClFN5O. The van der Waals surface area contributed by atoms with Crippen LogP contribution < -0.4 is 5.32 Å². The predicted molar refractivity (Wildman–Crippen MR) is 93.7 cm³/mol. The SMILES string of the molecule is CN(C)C(=O)NCc1cc2n(n1)CCN(Cc1ccc(F)cc1Cl)C2. The molecule has 25 heavy (non-hydrogen) atoms. The number of hydrogen-bond donors (Lipinski definition) is 1. The van der Waals surface area contributed by atoms with Crippen molar-refractivity contribution in [2.24, 2.45) is 0 Å². The molecule has 0 fully saturated rings. The van der Waals surface area contributed by atoms with Crippen LogP contribution in [0.2, 0.25) is 5.02 Å². The Bertz CT molecular complexity index is 776. The van der Waals surface area contributed by atoms with E-state index in [-0.39, 0.29) is 11.8 Å². The van der Waals surface area contributed by atoms with Crippen LogP contribution in [-0.2, 0) is 26.2 Å². The molecule has 1 aliphatic rings. The third kappa shape index (κ3) is 4.29. The Balaban J connectivity index is 1.62. The lowest BCUT2D eigenvalue weighted by Crippen LogP contribution is -2.34. The van der Waals surface area contributed by atoms with E-state index in [1.807, 2.05) is 10.7 Å². The second-order valence-corrected chi connectivity index (χ2v) is 6.76. The number of rotatable bonds is 4. The average molecular weight is 366 g/mol. The Morgan fingerprint density at radius 1 is 1.36 bits per heavy atom. The molecule has 1 aromatic carbocycles. The van der Waals surface area contributed by atoms with Crippen molar-refractivity contribution in [2.75, 3.05) is 20.6 Å². The minimum absolute atomic E-state index is 0.140. The fraction of sp³-hybridized carbons (Fsp3) is 0.412. The summed E-state index contributed by atoms with van der Waals surface area (Å²) in [4.78, 5) is 15.3. The zero-order valence-electron chi connectivity index (χ0n) is 14.3. The van der Waals surface area contributed by atoms with Gasteiger partial charge in [-0.1, -0.05) is 17.7 Å². The number of aromatic nitrogens is 2. The van der Waals surface area contributed by atoms with Crippen LogP contribution in [0.1, 0.15) is 17.0 Å². The van der Waals surface area contributed by atoms with Gasteiger partial charge in [-0.2, -0.15) is 5.10 Å². The van der Waals surface area contributed by atoms with Gasteiger partial charge in [-0.15, -0.1) is 0 Å². The molecule has 0 saturated heterocycles. The molecule has 1 N–H and O–H groups in total. The number of nitrogens with zero attached hydrogens (tertiary/aromatic N) is 4. The van der Waals surface area contributed by atoms with Crippen molar-refractivity contribution in [3.63, 3.8) is 0 Å². The molecule has 1 aromatic heterocycles. The lowest BCUT2D eigenvalue weighted by atomic mass is 10.2. The summed E-state index contributed by atoms with van der Waals surface area (Å²) in [6.07, 6.45) is 0. The van der Waals surface area contributed by atoms with Crippen molar-refractivity contribution in [3.8, 4) is 0 Å². The molecule has 0 bridgehead atoms. The van der Waals surface area contributed by atoms with Crippen LogP contribution in [0.25, 0.3) is 0 Å². The summed E-state index contributed by atoms with van der Waals surface area (Å²) in [6, 6.07) is 6.37. The van der Waals surface area contributed by atoms with Crippen molar-refractivity contribution in [3.05, 3.63) is 52.1 Å². The molecule has 0 unspecified atom stereocenters. The first kappa shape index (κ1) is 17.7. The van der Waals surface area contributed by atoms with Gasteiger partial charge >= 0.3 is 6.03 Å². The first-order valence-electron chi connectivity index (χ1n) is 8.09. The van der Waals surface area contributed by atoms with Gasteiger partial charge in [0.15, 0.2) is 0 Å². The van der Waals surface area contributed by atoms with Crippen LogP contribution in [0.5, 0.6) is 0 Å². The van der Waals surface area contributed by atoms with Crippen molar-refractivity contribution < 1.29 is 9.18 Å². The van der Waals surface area contributed by atoms with Gasteiger partial charge in [-0.05, 0) is 23.8 Å². The van der Waals surface area contributed by atoms with Crippen LogP contribution in [0.15, 0.2) is 24.3 Å². The lowest BCUT2D eigenvalue weighted by molar-refractivity contribution is 0.205. The maximum atomic E-state index is 13.2. The fourth-order valence-electron chi connectivity index (χ4n) is 2.82. The molecule has 0 radical (unpaired) electrons. The number of carbonyl (C=O) groups is 1. The van der Waals surface area contributed by atoms with Crippen molar-refractivity contribution >= 4 is 17.6 Å². The maximum Gasteiger partial charge on any atom is 0.317 e. The molecule has 6 nitrogen and oxygen atoms in total. The van der Waals surface area contributed by atoms with Crippen molar-refractivity contribution in [2.45, 2.75) is 26.2 Å². The molecule has 2 amide bonds. The number of urea groups is 1. The van der Waals surface area contributed by atoms with E-state index in [0.29, 0.717) is 18.1 Å².